The Morgan fingerprint density at radius 2 is 1.46 bits per heavy atom. The molecular weight excluding hydrogens is 334 g/mol. The van der Waals surface area contributed by atoms with Crippen LogP contribution in [0.1, 0.15) is 40.0 Å². The van der Waals surface area contributed by atoms with E-state index < -0.39 is 0 Å². The van der Waals surface area contributed by atoms with Gasteiger partial charge in [0.2, 0.25) is 17.7 Å². The van der Waals surface area contributed by atoms with Crippen LogP contribution >= 0.6 is 0 Å². The van der Waals surface area contributed by atoms with Crippen molar-refractivity contribution < 1.29 is 19.1 Å². The molecule has 1 atom stereocenters. The smallest absolute Gasteiger partial charge is 0.227 e. The molecule has 1 unspecified atom stereocenters. The van der Waals surface area contributed by atoms with Crippen molar-refractivity contribution in [2.75, 3.05) is 45.9 Å². The minimum absolute atomic E-state index is 0.00781. The highest BCUT2D eigenvalue weighted by Crippen LogP contribution is 2.29. The highest BCUT2D eigenvalue weighted by molar-refractivity contribution is 5.90. The third-order valence-electron chi connectivity index (χ3n) is 5.76. The highest BCUT2D eigenvalue weighted by atomic mass is 16.5. The van der Waals surface area contributed by atoms with Crippen molar-refractivity contribution in [3.63, 3.8) is 0 Å². The summed E-state index contributed by atoms with van der Waals surface area (Å²) in [6, 6.07) is 0. The SMILES string of the molecule is CC(C)(C)N1CC(C(=O)N2CCC(C(=O)N3CCOCC3)CC2)CC1=O. The van der Waals surface area contributed by atoms with Gasteiger partial charge in [-0.05, 0) is 33.6 Å². The monoisotopic (exact) mass is 365 g/mol. The van der Waals surface area contributed by atoms with Crippen molar-refractivity contribution in [3.8, 4) is 0 Å². The molecular formula is C19H31N3O4. The molecule has 0 aromatic rings. The highest BCUT2D eigenvalue weighted by Gasteiger charge is 2.41. The fourth-order valence-electron chi connectivity index (χ4n) is 4.17. The summed E-state index contributed by atoms with van der Waals surface area (Å²) in [5, 5.41) is 0. The van der Waals surface area contributed by atoms with Crippen molar-refractivity contribution in [3.05, 3.63) is 0 Å². The molecule has 0 N–H and O–H groups in total. The lowest BCUT2D eigenvalue weighted by molar-refractivity contribution is -0.145. The molecule has 26 heavy (non-hydrogen) atoms. The first kappa shape index (κ1) is 19.1. The third kappa shape index (κ3) is 4.03. The fourth-order valence-corrected chi connectivity index (χ4v) is 4.17. The van der Waals surface area contributed by atoms with Gasteiger partial charge in [-0.1, -0.05) is 0 Å². The summed E-state index contributed by atoms with van der Waals surface area (Å²) in [7, 11) is 0. The molecule has 0 aromatic heterocycles. The summed E-state index contributed by atoms with van der Waals surface area (Å²) in [5.74, 6) is 0.104. The number of piperidine rings is 1. The van der Waals surface area contributed by atoms with Gasteiger partial charge in [-0.2, -0.15) is 0 Å². The van der Waals surface area contributed by atoms with Crippen molar-refractivity contribution in [2.24, 2.45) is 11.8 Å². The summed E-state index contributed by atoms with van der Waals surface area (Å²) in [6.45, 7) is 10.3. The molecule has 0 spiro atoms. The molecule has 3 saturated heterocycles. The Bertz CT molecular complexity index is 558. The van der Waals surface area contributed by atoms with Crippen molar-refractivity contribution in [1.82, 2.24) is 14.7 Å². The second-order valence-electron chi connectivity index (χ2n) is 8.61. The van der Waals surface area contributed by atoms with Gasteiger partial charge in [0, 0.05) is 50.6 Å². The van der Waals surface area contributed by atoms with Gasteiger partial charge < -0.3 is 19.4 Å². The van der Waals surface area contributed by atoms with E-state index in [4.69, 9.17) is 4.74 Å². The van der Waals surface area contributed by atoms with Crippen molar-refractivity contribution in [2.45, 2.75) is 45.6 Å². The molecule has 0 saturated carbocycles. The van der Waals surface area contributed by atoms with Crippen LogP contribution in [0.5, 0.6) is 0 Å². The van der Waals surface area contributed by atoms with Gasteiger partial charge in [0.15, 0.2) is 0 Å². The van der Waals surface area contributed by atoms with E-state index in [2.05, 4.69) is 0 Å². The van der Waals surface area contributed by atoms with Gasteiger partial charge in [0.25, 0.3) is 0 Å². The third-order valence-corrected chi connectivity index (χ3v) is 5.76. The molecule has 3 fully saturated rings. The number of nitrogens with zero attached hydrogens (tertiary/aromatic N) is 3. The van der Waals surface area contributed by atoms with Crippen LogP contribution in [-0.2, 0) is 19.1 Å². The summed E-state index contributed by atoms with van der Waals surface area (Å²) < 4.78 is 5.31. The van der Waals surface area contributed by atoms with Gasteiger partial charge in [-0.25, -0.2) is 0 Å². The van der Waals surface area contributed by atoms with E-state index >= 15 is 0 Å². The van der Waals surface area contributed by atoms with Crippen LogP contribution in [-0.4, -0.2) is 83.9 Å². The molecule has 0 radical (unpaired) electrons. The lowest BCUT2D eigenvalue weighted by atomic mass is 9.94. The predicted molar refractivity (Wildman–Crippen MR) is 96.3 cm³/mol. The zero-order valence-corrected chi connectivity index (χ0v) is 16.2. The van der Waals surface area contributed by atoms with E-state index in [1.54, 1.807) is 0 Å². The van der Waals surface area contributed by atoms with Gasteiger partial charge in [-0.15, -0.1) is 0 Å². The van der Waals surface area contributed by atoms with Crippen LogP contribution < -0.4 is 0 Å². The maximum Gasteiger partial charge on any atom is 0.227 e. The first-order chi connectivity index (χ1) is 12.3. The fraction of sp³-hybridized carbons (Fsp3) is 0.842. The first-order valence-electron chi connectivity index (χ1n) is 9.73. The molecule has 7 heteroatoms. The Morgan fingerprint density at radius 3 is 2.00 bits per heavy atom. The van der Waals surface area contributed by atoms with E-state index in [0.29, 0.717) is 65.2 Å². The van der Waals surface area contributed by atoms with E-state index in [1.807, 2.05) is 35.5 Å². The molecule has 3 rings (SSSR count). The molecule has 3 amide bonds. The Labute approximate surface area is 155 Å². The Morgan fingerprint density at radius 1 is 0.923 bits per heavy atom. The second kappa shape index (κ2) is 7.55. The first-order valence-corrected chi connectivity index (χ1v) is 9.73. The summed E-state index contributed by atoms with van der Waals surface area (Å²) in [6.07, 6.45) is 1.74. The Balaban J connectivity index is 1.51. The maximum atomic E-state index is 12.8. The van der Waals surface area contributed by atoms with Crippen LogP contribution in [0.3, 0.4) is 0 Å². The Kier molecular flexibility index (Phi) is 5.55. The van der Waals surface area contributed by atoms with Crippen LogP contribution in [0.2, 0.25) is 0 Å². The number of amides is 3. The summed E-state index contributed by atoms with van der Waals surface area (Å²) in [5.41, 5.74) is -0.246. The summed E-state index contributed by atoms with van der Waals surface area (Å²) >= 11 is 0. The summed E-state index contributed by atoms with van der Waals surface area (Å²) in [4.78, 5) is 43.2. The molecule has 3 aliphatic rings. The number of carbonyl (C=O) groups is 3. The standard InChI is InChI=1S/C19H31N3O4/c1-19(2,3)22-13-15(12-16(22)23)18(25)20-6-4-14(5-7-20)17(24)21-8-10-26-11-9-21/h14-15H,4-13H2,1-3H3. The largest absolute Gasteiger partial charge is 0.378 e. The predicted octanol–water partition coefficient (Wildman–Crippen LogP) is 0.731. The average molecular weight is 365 g/mol. The van der Waals surface area contributed by atoms with E-state index in [9.17, 15) is 14.4 Å². The van der Waals surface area contributed by atoms with Crippen LogP contribution in [0, 0.1) is 11.8 Å². The molecule has 3 heterocycles. The molecule has 146 valence electrons. The Hall–Kier alpha value is -1.63. The second-order valence-corrected chi connectivity index (χ2v) is 8.61. The van der Waals surface area contributed by atoms with Crippen molar-refractivity contribution in [1.29, 1.82) is 0 Å². The number of likely N-dealkylation sites (tertiary alicyclic amines) is 2. The lowest BCUT2D eigenvalue weighted by Gasteiger charge is -2.36. The number of morpholine rings is 1. The number of hydrogen-bond acceptors (Lipinski definition) is 4. The zero-order valence-electron chi connectivity index (χ0n) is 16.2. The number of hydrogen-bond donors (Lipinski definition) is 0. The van der Waals surface area contributed by atoms with E-state index in [-0.39, 0.29) is 35.1 Å². The van der Waals surface area contributed by atoms with Gasteiger partial charge >= 0.3 is 0 Å². The van der Waals surface area contributed by atoms with Gasteiger partial charge in [0.05, 0.1) is 19.1 Å². The van der Waals surface area contributed by atoms with Crippen molar-refractivity contribution >= 4 is 17.7 Å². The molecule has 3 aliphatic heterocycles. The molecule has 0 aliphatic carbocycles. The van der Waals surface area contributed by atoms with E-state index in [0.717, 1.165) is 0 Å². The zero-order chi connectivity index (χ0) is 18.9. The number of ether oxygens (including phenoxy) is 1. The topological polar surface area (TPSA) is 70.2 Å². The normalized spacial score (nSPS) is 25.7. The minimum Gasteiger partial charge on any atom is -0.378 e. The molecule has 0 aromatic carbocycles. The molecule has 7 nitrogen and oxygen atoms in total. The van der Waals surface area contributed by atoms with Crippen LogP contribution in [0.4, 0.5) is 0 Å². The quantitative estimate of drug-likeness (QED) is 0.723. The number of carbonyl (C=O) groups excluding carboxylic acids is 3. The van der Waals surface area contributed by atoms with Gasteiger partial charge in [0.1, 0.15) is 0 Å². The number of rotatable bonds is 2. The van der Waals surface area contributed by atoms with Crippen LogP contribution in [0.25, 0.3) is 0 Å². The van der Waals surface area contributed by atoms with Gasteiger partial charge in [-0.3, -0.25) is 14.4 Å². The lowest BCUT2D eigenvalue weighted by Crippen LogP contribution is -2.49. The van der Waals surface area contributed by atoms with E-state index in [1.165, 1.54) is 0 Å². The molecule has 0 bridgehead atoms. The minimum atomic E-state index is -0.246. The average Bonchev–Trinajstić information content (AvgIpc) is 3.03. The van der Waals surface area contributed by atoms with Crippen LogP contribution in [0.15, 0.2) is 0 Å². The maximum absolute atomic E-state index is 12.8.